The number of benzene rings is 3. The smallest absolute Gasteiger partial charge is 0.264 e. The van der Waals surface area contributed by atoms with Crippen LogP contribution in [0.15, 0.2) is 77.7 Å². The minimum absolute atomic E-state index is 0.0124. The van der Waals surface area contributed by atoms with E-state index in [-0.39, 0.29) is 39.1 Å². The maximum Gasteiger partial charge on any atom is 0.264 e. The molecule has 3 aromatic rings. The number of nitrogens with one attached hydrogen (secondary N) is 1. The molecule has 0 heterocycles. The number of carbonyl (C=O) groups is 2. The van der Waals surface area contributed by atoms with Crippen molar-refractivity contribution in [2.75, 3.05) is 17.4 Å². The molecule has 0 spiro atoms. The average molecular weight is 591 g/mol. The van der Waals surface area contributed by atoms with Gasteiger partial charge in [-0.3, -0.25) is 13.9 Å². The first-order valence-corrected chi connectivity index (χ1v) is 14.8. The summed E-state index contributed by atoms with van der Waals surface area (Å²) in [6, 6.07) is 19.3. The molecule has 3 rings (SSSR count). The average Bonchev–Trinajstić information content (AvgIpc) is 2.87. The van der Waals surface area contributed by atoms with Gasteiger partial charge < -0.3 is 10.2 Å². The van der Waals surface area contributed by atoms with Crippen LogP contribution in [0.5, 0.6) is 0 Å². The second kappa shape index (κ2) is 13.3. The molecule has 0 saturated heterocycles. The highest BCUT2D eigenvalue weighted by atomic mass is 35.5. The van der Waals surface area contributed by atoms with E-state index < -0.39 is 28.5 Å². The van der Waals surface area contributed by atoms with Crippen LogP contribution in [0.2, 0.25) is 10.0 Å². The van der Waals surface area contributed by atoms with Crippen LogP contribution < -0.4 is 9.62 Å². The van der Waals surface area contributed by atoms with E-state index in [9.17, 15) is 18.0 Å². The van der Waals surface area contributed by atoms with Gasteiger partial charge in [0.1, 0.15) is 12.6 Å². The Kier molecular flexibility index (Phi) is 10.4. The molecule has 7 nitrogen and oxygen atoms in total. The maximum absolute atomic E-state index is 13.9. The summed E-state index contributed by atoms with van der Waals surface area (Å²) in [5.74, 6) is -0.866. The molecule has 208 valence electrons. The summed E-state index contributed by atoms with van der Waals surface area (Å²) in [5, 5.41) is 3.28. The van der Waals surface area contributed by atoms with Crippen LogP contribution in [0.1, 0.15) is 31.9 Å². The molecule has 0 unspecified atom stereocenters. The van der Waals surface area contributed by atoms with E-state index in [4.69, 9.17) is 23.2 Å². The van der Waals surface area contributed by atoms with Gasteiger partial charge in [0.15, 0.2) is 0 Å². The summed E-state index contributed by atoms with van der Waals surface area (Å²) in [4.78, 5) is 28.2. The zero-order valence-corrected chi connectivity index (χ0v) is 24.7. The number of amides is 2. The van der Waals surface area contributed by atoms with Crippen molar-refractivity contribution >= 4 is 50.7 Å². The SMILES string of the molecule is Cc1ccc(S(=O)(=O)N(CC(=O)N(CCc2ccccc2)[C@H](C)C(=O)NC(C)C)c2cc(Cl)cc(Cl)c2)cc1. The molecule has 2 amide bonds. The number of hydrogen-bond acceptors (Lipinski definition) is 4. The fraction of sp³-hybridized carbons (Fsp3) is 0.310. The van der Waals surface area contributed by atoms with Crippen LogP contribution in [-0.4, -0.2) is 50.3 Å². The summed E-state index contributed by atoms with van der Waals surface area (Å²) in [5.41, 5.74) is 2.01. The van der Waals surface area contributed by atoms with E-state index in [0.717, 1.165) is 15.4 Å². The lowest BCUT2D eigenvalue weighted by atomic mass is 10.1. The Labute approximate surface area is 240 Å². The summed E-state index contributed by atoms with van der Waals surface area (Å²) >= 11 is 12.4. The molecule has 0 saturated carbocycles. The Morgan fingerprint density at radius 3 is 2.05 bits per heavy atom. The van der Waals surface area contributed by atoms with Crippen molar-refractivity contribution in [3.05, 3.63) is 94.0 Å². The van der Waals surface area contributed by atoms with Gasteiger partial charge in [-0.25, -0.2) is 8.42 Å². The Bertz CT molecular complexity index is 1380. The predicted octanol–water partition coefficient (Wildman–Crippen LogP) is 5.48. The number of anilines is 1. The van der Waals surface area contributed by atoms with Crippen molar-refractivity contribution in [3.8, 4) is 0 Å². The quantitative estimate of drug-likeness (QED) is 0.321. The molecule has 0 radical (unpaired) electrons. The van der Waals surface area contributed by atoms with Crippen LogP contribution in [-0.2, 0) is 26.0 Å². The molecule has 1 N–H and O–H groups in total. The molecule has 0 bridgehead atoms. The lowest BCUT2D eigenvalue weighted by Gasteiger charge is -2.32. The first-order chi connectivity index (χ1) is 18.4. The van der Waals surface area contributed by atoms with Crippen LogP contribution >= 0.6 is 23.2 Å². The molecule has 0 aromatic heterocycles. The third kappa shape index (κ3) is 8.21. The normalized spacial score (nSPS) is 12.2. The largest absolute Gasteiger partial charge is 0.352 e. The third-order valence-corrected chi connectivity index (χ3v) is 8.33. The molecule has 0 aliphatic heterocycles. The fourth-order valence-electron chi connectivity index (χ4n) is 4.02. The summed E-state index contributed by atoms with van der Waals surface area (Å²) in [6.07, 6.45) is 0.486. The van der Waals surface area contributed by atoms with Gasteiger partial charge in [0, 0.05) is 22.6 Å². The summed E-state index contributed by atoms with van der Waals surface area (Å²) in [7, 11) is -4.20. The lowest BCUT2D eigenvalue weighted by Crippen LogP contribution is -2.53. The number of nitrogens with zero attached hydrogens (tertiary/aromatic N) is 2. The zero-order valence-electron chi connectivity index (χ0n) is 22.4. The van der Waals surface area contributed by atoms with Gasteiger partial charge in [0.25, 0.3) is 10.0 Å². The van der Waals surface area contributed by atoms with Gasteiger partial charge in [0.2, 0.25) is 11.8 Å². The van der Waals surface area contributed by atoms with Crippen LogP contribution in [0.3, 0.4) is 0 Å². The van der Waals surface area contributed by atoms with Gasteiger partial charge >= 0.3 is 0 Å². The van der Waals surface area contributed by atoms with E-state index in [1.165, 1.54) is 35.2 Å². The molecule has 0 fully saturated rings. The Balaban J connectivity index is 2.01. The van der Waals surface area contributed by atoms with Crippen molar-refractivity contribution in [2.45, 2.75) is 51.1 Å². The molecule has 0 aliphatic rings. The number of sulfonamides is 1. The molecule has 3 aromatic carbocycles. The van der Waals surface area contributed by atoms with E-state index in [1.54, 1.807) is 19.1 Å². The monoisotopic (exact) mass is 589 g/mol. The molecular formula is C29H33Cl2N3O4S. The number of halogens is 2. The molecule has 10 heteroatoms. The third-order valence-electron chi connectivity index (χ3n) is 6.11. The Hall–Kier alpha value is -3.07. The minimum atomic E-state index is -4.20. The van der Waals surface area contributed by atoms with Gasteiger partial charge in [-0.1, -0.05) is 71.2 Å². The van der Waals surface area contributed by atoms with E-state index in [1.807, 2.05) is 51.1 Å². The van der Waals surface area contributed by atoms with Crippen molar-refractivity contribution in [2.24, 2.45) is 0 Å². The van der Waals surface area contributed by atoms with Gasteiger partial charge in [-0.2, -0.15) is 0 Å². The Morgan fingerprint density at radius 2 is 1.49 bits per heavy atom. The van der Waals surface area contributed by atoms with Crippen LogP contribution in [0.25, 0.3) is 0 Å². The van der Waals surface area contributed by atoms with Crippen molar-refractivity contribution in [1.82, 2.24) is 10.2 Å². The highest BCUT2D eigenvalue weighted by molar-refractivity contribution is 7.92. The maximum atomic E-state index is 13.9. The first-order valence-electron chi connectivity index (χ1n) is 12.6. The van der Waals surface area contributed by atoms with Crippen molar-refractivity contribution < 1.29 is 18.0 Å². The van der Waals surface area contributed by atoms with Crippen LogP contribution in [0, 0.1) is 6.92 Å². The molecule has 0 aliphatic carbocycles. The topological polar surface area (TPSA) is 86.8 Å². The molecular weight excluding hydrogens is 557 g/mol. The Morgan fingerprint density at radius 1 is 0.897 bits per heavy atom. The fourth-order valence-corrected chi connectivity index (χ4v) is 5.94. The van der Waals surface area contributed by atoms with E-state index in [0.29, 0.717) is 6.42 Å². The summed E-state index contributed by atoms with van der Waals surface area (Å²) in [6.45, 7) is 6.81. The first kappa shape index (κ1) is 30.5. The zero-order chi connectivity index (χ0) is 28.7. The van der Waals surface area contributed by atoms with Crippen molar-refractivity contribution in [3.63, 3.8) is 0 Å². The van der Waals surface area contributed by atoms with Gasteiger partial charge in [-0.05, 0) is 70.0 Å². The molecule has 39 heavy (non-hydrogen) atoms. The highest BCUT2D eigenvalue weighted by Gasteiger charge is 2.32. The van der Waals surface area contributed by atoms with Gasteiger partial charge in [-0.15, -0.1) is 0 Å². The van der Waals surface area contributed by atoms with E-state index >= 15 is 0 Å². The van der Waals surface area contributed by atoms with E-state index in [2.05, 4.69) is 5.32 Å². The number of rotatable bonds is 11. The predicted molar refractivity (Wildman–Crippen MR) is 157 cm³/mol. The highest BCUT2D eigenvalue weighted by Crippen LogP contribution is 2.30. The minimum Gasteiger partial charge on any atom is -0.352 e. The second-order valence-corrected chi connectivity index (χ2v) is 12.3. The number of carbonyl (C=O) groups excluding carboxylic acids is 2. The van der Waals surface area contributed by atoms with Crippen molar-refractivity contribution in [1.29, 1.82) is 0 Å². The lowest BCUT2D eigenvalue weighted by molar-refractivity contribution is -0.139. The summed E-state index contributed by atoms with van der Waals surface area (Å²) < 4.78 is 28.7. The van der Waals surface area contributed by atoms with Gasteiger partial charge in [0.05, 0.1) is 10.6 Å². The second-order valence-electron chi connectivity index (χ2n) is 9.61. The molecule has 1 atom stereocenters. The number of aryl methyl sites for hydroxylation is 1. The van der Waals surface area contributed by atoms with Crippen LogP contribution in [0.4, 0.5) is 5.69 Å². The standard InChI is InChI=1S/C29H33Cl2N3O4S/c1-20(2)32-29(36)22(4)33(15-14-23-8-6-5-7-9-23)28(35)19-34(26-17-24(30)16-25(31)18-26)39(37,38)27-12-10-21(3)11-13-27/h5-13,16-18,20,22H,14-15,19H2,1-4H3,(H,32,36)/t22-/m1/s1. The number of hydrogen-bond donors (Lipinski definition) is 1.